The normalized spacial score (nSPS) is 13.2. The molecule has 0 radical (unpaired) electrons. The second-order valence-corrected chi connectivity index (χ2v) is 4.83. The lowest BCUT2D eigenvalue weighted by atomic mass is 9.74. The molecule has 0 aromatic heterocycles. The van der Waals surface area contributed by atoms with E-state index in [9.17, 15) is 18.8 Å². The maximum atomic E-state index is 13.9. The van der Waals surface area contributed by atoms with Crippen molar-refractivity contribution in [3.63, 3.8) is 0 Å². The lowest BCUT2D eigenvalue weighted by Crippen LogP contribution is -2.35. The summed E-state index contributed by atoms with van der Waals surface area (Å²) in [7, 11) is 0. The van der Waals surface area contributed by atoms with Crippen LogP contribution in [0.3, 0.4) is 0 Å². The van der Waals surface area contributed by atoms with Crippen molar-refractivity contribution in [1.82, 2.24) is 0 Å². The Bertz CT molecular complexity index is 706. The number of hydrogen-bond acceptors (Lipinski definition) is 2. The van der Waals surface area contributed by atoms with E-state index in [0.717, 1.165) is 6.07 Å². The second-order valence-electron chi connectivity index (χ2n) is 4.83. The van der Waals surface area contributed by atoms with Gasteiger partial charge in [0.1, 0.15) is 5.41 Å². The first-order chi connectivity index (χ1) is 10.0. The van der Waals surface area contributed by atoms with Gasteiger partial charge in [-0.2, -0.15) is 5.26 Å². The van der Waals surface area contributed by atoms with Crippen LogP contribution in [-0.4, -0.2) is 5.78 Å². The summed E-state index contributed by atoms with van der Waals surface area (Å²) in [5.41, 5.74) is -1.03. The Morgan fingerprint density at radius 3 is 2.38 bits per heavy atom. The van der Waals surface area contributed by atoms with Crippen LogP contribution in [0.15, 0.2) is 48.5 Å². The smallest absolute Gasteiger partial charge is 0.162 e. The highest BCUT2D eigenvalue weighted by Crippen LogP contribution is 2.30. The van der Waals surface area contributed by atoms with Crippen molar-refractivity contribution >= 4 is 5.78 Å². The number of nitrogens with zero attached hydrogens (tertiary/aromatic N) is 1. The van der Waals surface area contributed by atoms with Crippen LogP contribution in [0.4, 0.5) is 8.78 Å². The van der Waals surface area contributed by atoms with E-state index in [1.807, 2.05) is 6.07 Å². The topological polar surface area (TPSA) is 40.9 Å². The molecule has 0 aliphatic carbocycles. The van der Waals surface area contributed by atoms with E-state index in [-0.39, 0.29) is 12.0 Å². The Labute approximate surface area is 121 Å². The van der Waals surface area contributed by atoms with E-state index >= 15 is 0 Å². The van der Waals surface area contributed by atoms with Crippen molar-refractivity contribution in [2.75, 3.05) is 0 Å². The van der Waals surface area contributed by atoms with Gasteiger partial charge in [0, 0.05) is 6.42 Å². The van der Waals surface area contributed by atoms with E-state index in [2.05, 4.69) is 0 Å². The van der Waals surface area contributed by atoms with Gasteiger partial charge in [-0.05, 0) is 24.1 Å². The molecule has 21 heavy (non-hydrogen) atoms. The third-order valence-corrected chi connectivity index (χ3v) is 3.55. The number of benzene rings is 2. The molecule has 0 saturated heterocycles. The zero-order chi connectivity index (χ0) is 15.5. The zero-order valence-electron chi connectivity index (χ0n) is 11.4. The molecular formula is C17H13F2NO. The predicted molar refractivity (Wildman–Crippen MR) is 74.5 cm³/mol. The van der Waals surface area contributed by atoms with Gasteiger partial charge < -0.3 is 0 Å². The molecule has 0 spiro atoms. The molecule has 0 fully saturated rings. The monoisotopic (exact) mass is 285 g/mol. The molecule has 0 aliphatic rings. The highest BCUT2D eigenvalue weighted by Gasteiger charge is 2.38. The van der Waals surface area contributed by atoms with E-state index in [4.69, 9.17) is 0 Å². The lowest BCUT2D eigenvalue weighted by Gasteiger charge is -2.24. The summed E-state index contributed by atoms with van der Waals surface area (Å²) in [6.45, 7) is 1.29. The molecule has 2 aromatic rings. The summed E-state index contributed by atoms with van der Waals surface area (Å²) in [6.07, 6.45) is -0.202. The summed E-state index contributed by atoms with van der Waals surface area (Å²) in [5.74, 6) is -2.41. The van der Waals surface area contributed by atoms with Crippen LogP contribution in [0.25, 0.3) is 0 Å². The van der Waals surface area contributed by atoms with Crippen molar-refractivity contribution in [3.05, 3.63) is 71.3 Å². The van der Waals surface area contributed by atoms with Gasteiger partial charge in [0.25, 0.3) is 0 Å². The average molecular weight is 285 g/mol. The molecule has 2 rings (SSSR count). The Kier molecular flexibility index (Phi) is 4.13. The maximum absolute atomic E-state index is 13.9. The number of ketones is 1. The van der Waals surface area contributed by atoms with Crippen molar-refractivity contribution in [3.8, 4) is 6.07 Å². The molecule has 0 N–H and O–H groups in total. The lowest BCUT2D eigenvalue weighted by molar-refractivity contribution is -0.120. The van der Waals surface area contributed by atoms with E-state index in [1.54, 1.807) is 30.3 Å². The number of carbonyl (C=O) groups is 1. The highest BCUT2D eigenvalue weighted by molar-refractivity contribution is 5.91. The third kappa shape index (κ3) is 2.68. The number of rotatable bonds is 4. The van der Waals surface area contributed by atoms with Crippen LogP contribution in [0.2, 0.25) is 0 Å². The largest absolute Gasteiger partial charge is 0.298 e. The summed E-state index contributed by atoms with van der Waals surface area (Å²) in [6, 6.07) is 14.2. The summed E-state index contributed by atoms with van der Waals surface area (Å²) in [5, 5.41) is 9.53. The van der Waals surface area contributed by atoms with Gasteiger partial charge in [-0.15, -0.1) is 0 Å². The molecule has 0 amide bonds. The molecule has 0 saturated carbocycles. The number of Topliss-reactive ketones (excluding diaryl/α,β-unsaturated/α-hetero) is 1. The predicted octanol–water partition coefficient (Wildman–Crippen LogP) is 3.56. The number of carbonyl (C=O) groups excluding carboxylic acids is 1. The van der Waals surface area contributed by atoms with Gasteiger partial charge in [-0.3, -0.25) is 4.79 Å². The minimum atomic E-state index is -1.52. The molecule has 2 nitrogen and oxygen atoms in total. The van der Waals surface area contributed by atoms with E-state index in [1.165, 1.54) is 19.1 Å². The van der Waals surface area contributed by atoms with Crippen molar-refractivity contribution in [2.24, 2.45) is 0 Å². The quantitative estimate of drug-likeness (QED) is 0.861. The molecular weight excluding hydrogens is 272 g/mol. The first-order valence-corrected chi connectivity index (χ1v) is 6.42. The van der Waals surface area contributed by atoms with Crippen LogP contribution in [0, 0.1) is 23.0 Å². The summed E-state index contributed by atoms with van der Waals surface area (Å²) < 4.78 is 27.2. The van der Waals surface area contributed by atoms with E-state index in [0.29, 0.717) is 5.56 Å². The van der Waals surface area contributed by atoms with Gasteiger partial charge in [0.15, 0.2) is 17.4 Å². The molecule has 1 atom stereocenters. The fourth-order valence-electron chi connectivity index (χ4n) is 2.31. The maximum Gasteiger partial charge on any atom is 0.162 e. The van der Waals surface area contributed by atoms with Crippen LogP contribution >= 0.6 is 0 Å². The van der Waals surface area contributed by atoms with Crippen molar-refractivity contribution in [2.45, 2.75) is 18.8 Å². The van der Waals surface area contributed by atoms with Gasteiger partial charge in [-0.25, -0.2) is 8.78 Å². The van der Waals surface area contributed by atoms with Crippen LogP contribution < -0.4 is 0 Å². The van der Waals surface area contributed by atoms with Gasteiger partial charge in [0.05, 0.1) is 6.07 Å². The third-order valence-electron chi connectivity index (χ3n) is 3.55. The highest BCUT2D eigenvalue weighted by atomic mass is 19.2. The van der Waals surface area contributed by atoms with E-state index < -0.39 is 22.8 Å². The van der Waals surface area contributed by atoms with Crippen LogP contribution in [-0.2, 0) is 16.6 Å². The molecule has 106 valence electrons. The fraction of sp³-hybridized carbons (Fsp3) is 0.176. The van der Waals surface area contributed by atoms with Gasteiger partial charge >= 0.3 is 0 Å². The first-order valence-electron chi connectivity index (χ1n) is 6.42. The minimum Gasteiger partial charge on any atom is -0.298 e. The fourth-order valence-corrected chi connectivity index (χ4v) is 2.31. The Morgan fingerprint density at radius 1 is 1.14 bits per heavy atom. The Morgan fingerprint density at radius 2 is 1.81 bits per heavy atom. The zero-order valence-corrected chi connectivity index (χ0v) is 11.4. The molecule has 0 aliphatic heterocycles. The molecule has 1 unspecified atom stereocenters. The van der Waals surface area contributed by atoms with Crippen molar-refractivity contribution < 1.29 is 13.6 Å². The SMILES string of the molecule is CC(=O)C(C#N)(Cc1cccc(F)c1F)c1ccccc1. The summed E-state index contributed by atoms with van der Waals surface area (Å²) >= 11 is 0. The molecule has 0 bridgehead atoms. The molecule has 2 aromatic carbocycles. The Hall–Kier alpha value is -2.54. The number of hydrogen-bond donors (Lipinski definition) is 0. The van der Waals surface area contributed by atoms with Crippen molar-refractivity contribution in [1.29, 1.82) is 5.26 Å². The summed E-state index contributed by atoms with van der Waals surface area (Å²) in [4.78, 5) is 12.1. The minimum absolute atomic E-state index is 0.00982. The Balaban J connectivity index is 2.55. The molecule has 0 heterocycles. The first kappa shape index (κ1) is 14.9. The van der Waals surface area contributed by atoms with Crippen LogP contribution in [0.1, 0.15) is 18.1 Å². The standard InChI is InChI=1S/C17H13F2NO/c1-12(21)17(11-20,14-7-3-2-4-8-14)10-13-6-5-9-15(18)16(13)19/h2-9H,10H2,1H3. The average Bonchev–Trinajstić information content (AvgIpc) is 2.49. The second kappa shape index (κ2) is 5.84. The number of halogens is 2. The van der Waals surface area contributed by atoms with Gasteiger partial charge in [0.2, 0.25) is 0 Å². The van der Waals surface area contributed by atoms with Gasteiger partial charge in [-0.1, -0.05) is 42.5 Å². The number of nitriles is 1. The molecule has 4 heteroatoms. The van der Waals surface area contributed by atoms with Crippen LogP contribution in [0.5, 0.6) is 0 Å².